The fraction of sp³-hybridized carbons (Fsp3) is 0.867. The highest BCUT2D eigenvalue weighted by Gasteiger charge is 2.58. The van der Waals surface area contributed by atoms with Gasteiger partial charge >= 0.3 is 0 Å². The van der Waals surface area contributed by atoms with Crippen molar-refractivity contribution < 1.29 is 4.79 Å². The lowest BCUT2D eigenvalue weighted by Crippen LogP contribution is -2.48. The molecule has 4 bridgehead atoms. The van der Waals surface area contributed by atoms with Crippen LogP contribution in [-0.4, -0.2) is 21.9 Å². The summed E-state index contributed by atoms with van der Waals surface area (Å²) in [5.41, 5.74) is 0.297. The van der Waals surface area contributed by atoms with Crippen molar-refractivity contribution in [1.29, 1.82) is 0 Å². The standard InChI is InChI=1S/C15H22N2OS/c1-8(2)12-13(18)16-14(19-12)17-15-6-9-3-10(7-15)5-11(15)4-9/h8-12H,3-7H2,1-2H3,(H,16,17,18)/t9-,10?,11?,12?,15?/m0/s1. The van der Waals surface area contributed by atoms with Crippen LogP contribution >= 0.6 is 11.8 Å². The highest BCUT2D eigenvalue weighted by molar-refractivity contribution is 8.15. The monoisotopic (exact) mass is 278 g/mol. The summed E-state index contributed by atoms with van der Waals surface area (Å²) in [5.74, 6) is 3.15. The van der Waals surface area contributed by atoms with Gasteiger partial charge in [-0.3, -0.25) is 4.79 Å². The second kappa shape index (κ2) is 4.00. The molecule has 1 amide bonds. The minimum Gasteiger partial charge on any atom is -0.359 e. The number of hydrogen-bond donors (Lipinski definition) is 1. The van der Waals surface area contributed by atoms with E-state index >= 15 is 0 Å². The molecule has 4 unspecified atom stereocenters. The van der Waals surface area contributed by atoms with E-state index in [1.54, 1.807) is 11.8 Å². The predicted octanol–water partition coefficient (Wildman–Crippen LogP) is 2.81. The van der Waals surface area contributed by atoms with E-state index in [9.17, 15) is 4.79 Å². The number of hydrogen-bond acceptors (Lipinski definition) is 3. The van der Waals surface area contributed by atoms with E-state index in [4.69, 9.17) is 0 Å². The van der Waals surface area contributed by atoms with Gasteiger partial charge in [0.15, 0.2) is 5.17 Å². The van der Waals surface area contributed by atoms with E-state index in [-0.39, 0.29) is 11.2 Å². The van der Waals surface area contributed by atoms with E-state index < -0.39 is 0 Å². The molecular formula is C15H22N2OS. The molecule has 4 fully saturated rings. The SMILES string of the molecule is CC(C)C1SC(NC23CC4CC2C[C@H](C4)C3)=NC1=O. The van der Waals surface area contributed by atoms with Crippen LogP contribution < -0.4 is 5.32 Å². The van der Waals surface area contributed by atoms with Gasteiger partial charge in [-0.25, -0.2) is 0 Å². The summed E-state index contributed by atoms with van der Waals surface area (Å²) in [5, 5.41) is 4.67. The Morgan fingerprint density at radius 3 is 2.53 bits per heavy atom. The molecule has 0 aromatic carbocycles. The molecule has 3 nitrogen and oxygen atoms in total. The van der Waals surface area contributed by atoms with Crippen LogP contribution in [0.2, 0.25) is 0 Å². The smallest absolute Gasteiger partial charge is 0.261 e. The first-order valence-electron chi connectivity index (χ1n) is 7.63. The molecule has 1 heterocycles. The van der Waals surface area contributed by atoms with Gasteiger partial charge in [-0.05, 0) is 55.8 Å². The van der Waals surface area contributed by atoms with Crippen molar-refractivity contribution in [3.8, 4) is 0 Å². The van der Waals surface area contributed by atoms with Crippen LogP contribution in [0.3, 0.4) is 0 Å². The van der Waals surface area contributed by atoms with Gasteiger partial charge in [-0.15, -0.1) is 0 Å². The molecule has 1 N–H and O–H groups in total. The molecule has 5 rings (SSSR count). The lowest BCUT2D eigenvalue weighted by atomic mass is 9.80. The molecule has 0 aromatic heterocycles. The fourth-order valence-electron chi connectivity index (χ4n) is 5.05. The molecule has 19 heavy (non-hydrogen) atoms. The Balaban J connectivity index is 1.51. The Bertz CT molecular complexity index is 445. The van der Waals surface area contributed by atoms with Crippen molar-refractivity contribution in [3.63, 3.8) is 0 Å². The Labute approximate surface area is 119 Å². The average Bonchev–Trinajstić information content (AvgIpc) is 2.86. The minimum absolute atomic E-state index is 0.0368. The van der Waals surface area contributed by atoms with E-state index in [1.807, 2.05) is 0 Å². The van der Waals surface area contributed by atoms with E-state index in [2.05, 4.69) is 24.2 Å². The first-order valence-corrected chi connectivity index (χ1v) is 8.51. The van der Waals surface area contributed by atoms with Gasteiger partial charge in [-0.2, -0.15) is 4.99 Å². The van der Waals surface area contributed by atoms with Crippen molar-refractivity contribution in [2.75, 3.05) is 0 Å². The van der Waals surface area contributed by atoms with Crippen molar-refractivity contribution in [1.82, 2.24) is 5.32 Å². The number of thioether (sulfide) groups is 1. The maximum atomic E-state index is 11.9. The van der Waals surface area contributed by atoms with E-state index in [1.165, 1.54) is 32.1 Å². The maximum absolute atomic E-state index is 11.9. The Hall–Kier alpha value is -0.510. The van der Waals surface area contributed by atoms with Gasteiger partial charge in [0.25, 0.3) is 5.91 Å². The zero-order chi connectivity index (χ0) is 13.2. The number of rotatable bonds is 2. The summed E-state index contributed by atoms with van der Waals surface area (Å²) >= 11 is 1.66. The van der Waals surface area contributed by atoms with Crippen LogP contribution in [0, 0.1) is 23.7 Å². The Kier molecular flexibility index (Phi) is 2.58. The second-order valence-electron chi connectivity index (χ2n) is 7.36. The third-order valence-electron chi connectivity index (χ3n) is 5.64. The number of carbonyl (C=O) groups is 1. The van der Waals surface area contributed by atoms with Crippen LogP contribution in [0.25, 0.3) is 0 Å². The largest absolute Gasteiger partial charge is 0.359 e. The fourth-order valence-corrected chi connectivity index (χ4v) is 6.12. The van der Waals surface area contributed by atoms with Crippen LogP contribution in [0.1, 0.15) is 46.0 Å². The van der Waals surface area contributed by atoms with Gasteiger partial charge in [-0.1, -0.05) is 25.6 Å². The molecule has 0 saturated heterocycles. The van der Waals surface area contributed by atoms with Gasteiger partial charge in [0.2, 0.25) is 0 Å². The van der Waals surface area contributed by atoms with E-state index in [0.29, 0.717) is 11.5 Å². The first kappa shape index (κ1) is 12.2. The Morgan fingerprint density at radius 1 is 1.26 bits per heavy atom. The lowest BCUT2D eigenvalue weighted by Gasteiger charge is -2.34. The van der Waals surface area contributed by atoms with Gasteiger partial charge < -0.3 is 5.32 Å². The van der Waals surface area contributed by atoms with Crippen molar-refractivity contribution in [3.05, 3.63) is 0 Å². The quantitative estimate of drug-likeness (QED) is 0.844. The van der Waals surface area contributed by atoms with E-state index in [0.717, 1.165) is 22.9 Å². The summed E-state index contributed by atoms with van der Waals surface area (Å²) in [6.45, 7) is 4.21. The minimum atomic E-state index is 0.0368. The van der Waals surface area contributed by atoms with Gasteiger partial charge in [0, 0.05) is 5.54 Å². The second-order valence-corrected chi connectivity index (χ2v) is 8.49. The molecule has 5 aliphatic rings. The number of carbonyl (C=O) groups excluding carboxylic acids is 1. The molecule has 0 aromatic rings. The van der Waals surface area contributed by atoms with Crippen LogP contribution in [0.4, 0.5) is 0 Å². The summed E-state index contributed by atoms with van der Waals surface area (Å²) in [6, 6.07) is 0. The molecule has 5 atom stereocenters. The first-order chi connectivity index (χ1) is 9.06. The highest BCUT2D eigenvalue weighted by atomic mass is 32.2. The topological polar surface area (TPSA) is 41.5 Å². The van der Waals surface area contributed by atoms with Crippen LogP contribution in [-0.2, 0) is 4.79 Å². The van der Waals surface area contributed by atoms with Gasteiger partial charge in [0.05, 0.1) is 5.25 Å². The average molecular weight is 278 g/mol. The number of aliphatic imine (C=N–C) groups is 1. The number of nitrogens with one attached hydrogen (secondary N) is 1. The van der Waals surface area contributed by atoms with Crippen molar-refractivity contribution >= 4 is 22.8 Å². The molecule has 0 radical (unpaired) electrons. The zero-order valence-corrected chi connectivity index (χ0v) is 12.5. The van der Waals surface area contributed by atoms with Crippen LogP contribution in [0.15, 0.2) is 4.99 Å². The van der Waals surface area contributed by atoms with Crippen LogP contribution in [0.5, 0.6) is 0 Å². The molecule has 104 valence electrons. The summed E-state index contributed by atoms with van der Waals surface area (Å²) in [4.78, 5) is 16.2. The zero-order valence-electron chi connectivity index (χ0n) is 11.7. The number of nitrogens with zero attached hydrogens (tertiary/aromatic N) is 1. The third kappa shape index (κ3) is 1.78. The molecular weight excluding hydrogens is 256 g/mol. The van der Waals surface area contributed by atoms with Gasteiger partial charge in [0.1, 0.15) is 0 Å². The predicted molar refractivity (Wildman–Crippen MR) is 78.1 cm³/mol. The summed E-state index contributed by atoms with van der Waals surface area (Å²) < 4.78 is 0. The summed E-state index contributed by atoms with van der Waals surface area (Å²) in [6.07, 6.45) is 6.89. The number of amides is 1. The normalized spacial score (nSPS) is 47.3. The van der Waals surface area contributed by atoms with Crippen molar-refractivity contribution in [2.24, 2.45) is 28.7 Å². The third-order valence-corrected chi connectivity index (χ3v) is 7.06. The molecule has 0 spiro atoms. The maximum Gasteiger partial charge on any atom is 0.261 e. The Morgan fingerprint density at radius 2 is 1.95 bits per heavy atom. The molecule has 4 heteroatoms. The molecule has 1 aliphatic heterocycles. The summed E-state index contributed by atoms with van der Waals surface area (Å²) in [7, 11) is 0. The van der Waals surface area contributed by atoms with Crippen molar-refractivity contribution in [2.45, 2.75) is 56.7 Å². The molecule has 4 saturated carbocycles. The highest BCUT2D eigenvalue weighted by Crippen LogP contribution is 2.60. The molecule has 4 aliphatic carbocycles. The lowest BCUT2D eigenvalue weighted by molar-refractivity contribution is -0.117. The number of amidine groups is 1.